The van der Waals surface area contributed by atoms with E-state index in [1.807, 2.05) is 38.1 Å². The summed E-state index contributed by atoms with van der Waals surface area (Å²) in [4.78, 5) is 13.1. The summed E-state index contributed by atoms with van der Waals surface area (Å²) in [5.74, 6) is 1.47. The second-order valence-corrected chi connectivity index (χ2v) is 5.60. The molecule has 0 aliphatic carbocycles. The Morgan fingerprint density at radius 2 is 2.19 bits per heavy atom. The molecule has 1 aromatic carbocycles. The van der Waals surface area contributed by atoms with Crippen LogP contribution in [0.15, 0.2) is 46.3 Å². The van der Waals surface area contributed by atoms with E-state index in [1.165, 1.54) is 0 Å². The summed E-state index contributed by atoms with van der Waals surface area (Å²) in [5.41, 5.74) is 2.66. The lowest BCUT2D eigenvalue weighted by Gasteiger charge is -2.08. The molecule has 0 spiro atoms. The zero-order chi connectivity index (χ0) is 15.2. The van der Waals surface area contributed by atoms with Crippen molar-refractivity contribution in [2.24, 2.45) is 0 Å². The highest BCUT2D eigenvalue weighted by atomic mass is 32.2. The molecule has 0 fully saturated rings. The Bertz CT molecular complexity index is 630. The van der Waals surface area contributed by atoms with Gasteiger partial charge in [-0.2, -0.15) is 0 Å². The van der Waals surface area contributed by atoms with E-state index in [0.717, 1.165) is 27.7 Å². The van der Waals surface area contributed by atoms with Crippen LogP contribution in [0.5, 0.6) is 0 Å². The molecule has 2 rings (SSSR count). The number of amides is 1. The third-order valence-corrected chi connectivity index (χ3v) is 4.19. The summed E-state index contributed by atoms with van der Waals surface area (Å²) in [5, 5.41) is 6.75. The Hall–Kier alpha value is -2.01. The average Bonchev–Trinajstić information content (AvgIpc) is 2.82. The van der Waals surface area contributed by atoms with Crippen molar-refractivity contribution in [1.82, 2.24) is 10.5 Å². The van der Waals surface area contributed by atoms with E-state index < -0.39 is 0 Å². The minimum atomic E-state index is -0.0863. The fourth-order valence-corrected chi connectivity index (χ4v) is 3.10. The number of rotatable bonds is 6. The highest BCUT2D eigenvalue weighted by molar-refractivity contribution is 7.98. The van der Waals surface area contributed by atoms with Crippen molar-refractivity contribution in [3.63, 3.8) is 0 Å². The van der Waals surface area contributed by atoms with Crippen LogP contribution in [0, 0.1) is 13.8 Å². The largest absolute Gasteiger partial charge is 0.361 e. The van der Waals surface area contributed by atoms with E-state index in [1.54, 1.807) is 17.8 Å². The number of carbonyl (C=O) groups excluding carboxylic acids is 1. The maximum absolute atomic E-state index is 12.1. The van der Waals surface area contributed by atoms with Gasteiger partial charge in [0, 0.05) is 22.8 Å². The molecule has 110 valence electrons. The quantitative estimate of drug-likeness (QED) is 0.655. The summed E-state index contributed by atoms with van der Waals surface area (Å²) in [7, 11) is 0. The second-order valence-electron chi connectivity index (χ2n) is 4.59. The van der Waals surface area contributed by atoms with Gasteiger partial charge < -0.3 is 9.84 Å². The lowest BCUT2D eigenvalue weighted by molar-refractivity contribution is 0.0955. The van der Waals surface area contributed by atoms with Gasteiger partial charge in [-0.3, -0.25) is 4.79 Å². The standard InChI is InChI=1S/C16H18N2O2S/c1-4-9-17-16(19)13-7-5-6-8-15(13)21-10-14-11(2)18-20-12(14)3/h4-8H,1,9-10H2,2-3H3,(H,17,19). The Morgan fingerprint density at radius 1 is 1.43 bits per heavy atom. The van der Waals surface area contributed by atoms with Crippen molar-refractivity contribution in [2.75, 3.05) is 6.54 Å². The first-order valence-corrected chi connectivity index (χ1v) is 7.64. The number of thioether (sulfide) groups is 1. The smallest absolute Gasteiger partial charge is 0.252 e. The average molecular weight is 302 g/mol. The second kappa shape index (κ2) is 7.13. The van der Waals surface area contributed by atoms with Crippen molar-refractivity contribution >= 4 is 17.7 Å². The van der Waals surface area contributed by atoms with Crippen LogP contribution < -0.4 is 5.32 Å². The van der Waals surface area contributed by atoms with Gasteiger partial charge in [0.1, 0.15) is 5.76 Å². The van der Waals surface area contributed by atoms with Gasteiger partial charge in [0.2, 0.25) is 0 Å². The predicted octanol–water partition coefficient (Wildman–Crippen LogP) is 3.50. The molecule has 1 amide bonds. The van der Waals surface area contributed by atoms with Crippen LogP contribution in [-0.4, -0.2) is 17.6 Å². The van der Waals surface area contributed by atoms with Gasteiger partial charge in [-0.05, 0) is 26.0 Å². The molecule has 0 saturated heterocycles. The van der Waals surface area contributed by atoms with Gasteiger partial charge in [-0.15, -0.1) is 18.3 Å². The number of hydrogen-bond acceptors (Lipinski definition) is 4. The van der Waals surface area contributed by atoms with E-state index >= 15 is 0 Å². The van der Waals surface area contributed by atoms with E-state index in [4.69, 9.17) is 4.52 Å². The topological polar surface area (TPSA) is 55.1 Å². The van der Waals surface area contributed by atoms with Gasteiger partial charge >= 0.3 is 0 Å². The van der Waals surface area contributed by atoms with Crippen LogP contribution in [0.4, 0.5) is 0 Å². The van der Waals surface area contributed by atoms with Gasteiger partial charge in [0.05, 0.1) is 11.3 Å². The summed E-state index contributed by atoms with van der Waals surface area (Å²) in [6.45, 7) is 7.89. The number of hydrogen-bond donors (Lipinski definition) is 1. The van der Waals surface area contributed by atoms with Gasteiger partial charge in [0.15, 0.2) is 0 Å². The number of carbonyl (C=O) groups is 1. The predicted molar refractivity (Wildman–Crippen MR) is 84.5 cm³/mol. The van der Waals surface area contributed by atoms with Gasteiger partial charge in [-0.1, -0.05) is 23.4 Å². The van der Waals surface area contributed by atoms with Gasteiger partial charge in [0.25, 0.3) is 5.91 Å². The van der Waals surface area contributed by atoms with Crippen LogP contribution in [0.1, 0.15) is 27.4 Å². The van der Waals surface area contributed by atoms with E-state index in [-0.39, 0.29) is 5.91 Å². The first-order chi connectivity index (χ1) is 10.1. The molecule has 0 aliphatic heterocycles. The Morgan fingerprint density at radius 3 is 2.86 bits per heavy atom. The Labute approximate surface area is 128 Å². The van der Waals surface area contributed by atoms with Crippen molar-refractivity contribution in [3.8, 4) is 0 Å². The Balaban J connectivity index is 2.13. The third kappa shape index (κ3) is 3.76. The van der Waals surface area contributed by atoms with Crippen LogP contribution >= 0.6 is 11.8 Å². The van der Waals surface area contributed by atoms with E-state index in [9.17, 15) is 4.79 Å². The lowest BCUT2D eigenvalue weighted by atomic mass is 10.2. The van der Waals surface area contributed by atoms with Crippen LogP contribution in [0.25, 0.3) is 0 Å². The summed E-state index contributed by atoms with van der Waals surface area (Å²) >= 11 is 1.61. The molecule has 0 radical (unpaired) electrons. The third-order valence-electron chi connectivity index (χ3n) is 3.09. The molecule has 1 aromatic heterocycles. The molecule has 0 aliphatic rings. The molecule has 0 unspecified atom stereocenters. The maximum Gasteiger partial charge on any atom is 0.252 e. The van der Waals surface area contributed by atoms with Crippen LogP contribution in [0.2, 0.25) is 0 Å². The molecule has 4 nitrogen and oxygen atoms in total. The zero-order valence-corrected chi connectivity index (χ0v) is 13.0. The fourth-order valence-electron chi connectivity index (χ4n) is 1.90. The van der Waals surface area contributed by atoms with Crippen molar-refractivity contribution in [3.05, 3.63) is 59.5 Å². The molecular weight excluding hydrogens is 284 g/mol. The normalized spacial score (nSPS) is 10.4. The molecule has 5 heteroatoms. The number of nitrogens with zero attached hydrogens (tertiary/aromatic N) is 1. The monoisotopic (exact) mass is 302 g/mol. The first-order valence-electron chi connectivity index (χ1n) is 6.66. The van der Waals surface area contributed by atoms with Crippen molar-refractivity contribution in [1.29, 1.82) is 0 Å². The Kier molecular flexibility index (Phi) is 5.22. The summed E-state index contributed by atoms with van der Waals surface area (Å²) in [6, 6.07) is 7.57. The fraction of sp³-hybridized carbons (Fsp3) is 0.250. The van der Waals surface area contributed by atoms with Crippen molar-refractivity contribution < 1.29 is 9.32 Å². The highest BCUT2D eigenvalue weighted by Gasteiger charge is 2.13. The van der Waals surface area contributed by atoms with Crippen LogP contribution in [0.3, 0.4) is 0 Å². The molecule has 21 heavy (non-hydrogen) atoms. The van der Waals surface area contributed by atoms with E-state index in [0.29, 0.717) is 12.1 Å². The number of aryl methyl sites for hydroxylation is 2. The number of aromatic nitrogens is 1. The summed E-state index contributed by atoms with van der Waals surface area (Å²) < 4.78 is 5.16. The molecule has 0 atom stereocenters. The molecule has 1 heterocycles. The SMILES string of the molecule is C=CCNC(=O)c1ccccc1SCc1c(C)noc1C. The maximum atomic E-state index is 12.1. The highest BCUT2D eigenvalue weighted by Crippen LogP contribution is 2.28. The molecular formula is C16H18N2O2S. The molecule has 2 aromatic rings. The lowest BCUT2D eigenvalue weighted by Crippen LogP contribution is -2.23. The first kappa shape index (κ1) is 15.4. The number of benzene rings is 1. The summed E-state index contributed by atoms with van der Waals surface area (Å²) in [6.07, 6.45) is 1.66. The zero-order valence-electron chi connectivity index (χ0n) is 12.2. The minimum Gasteiger partial charge on any atom is -0.361 e. The van der Waals surface area contributed by atoms with Gasteiger partial charge in [-0.25, -0.2) is 0 Å². The van der Waals surface area contributed by atoms with Crippen molar-refractivity contribution in [2.45, 2.75) is 24.5 Å². The minimum absolute atomic E-state index is 0.0863. The number of nitrogens with one attached hydrogen (secondary N) is 1. The van der Waals surface area contributed by atoms with E-state index in [2.05, 4.69) is 17.1 Å². The molecule has 0 bridgehead atoms. The molecule has 1 N–H and O–H groups in total. The van der Waals surface area contributed by atoms with Crippen LogP contribution in [-0.2, 0) is 5.75 Å². The molecule has 0 saturated carbocycles.